The minimum Gasteiger partial charge on any atom is -0.508 e. The number of phenols is 1. The molecule has 2 aromatic rings. The first-order valence-electron chi connectivity index (χ1n) is 9.62. The second-order valence-corrected chi connectivity index (χ2v) is 7.01. The third kappa shape index (κ3) is 4.83. The molecular formula is C25H27NO2. The third-order valence-corrected chi connectivity index (χ3v) is 4.68. The van der Waals surface area contributed by atoms with Crippen LogP contribution in [0.25, 0.3) is 5.57 Å². The van der Waals surface area contributed by atoms with Crippen LogP contribution in [0.1, 0.15) is 24.5 Å². The van der Waals surface area contributed by atoms with E-state index in [4.69, 9.17) is 4.74 Å². The maximum Gasteiger partial charge on any atom is 0.119 e. The summed E-state index contributed by atoms with van der Waals surface area (Å²) in [4.78, 5) is 2.10. The fourth-order valence-corrected chi connectivity index (χ4v) is 3.23. The van der Waals surface area contributed by atoms with Gasteiger partial charge in [0.15, 0.2) is 0 Å². The fourth-order valence-electron chi connectivity index (χ4n) is 3.23. The molecular weight excluding hydrogens is 346 g/mol. The molecule has 1 aliphatic carbocycles. The Kier molecular flexibility index (Phi) is 6.54. The summed E-state index contributed by atoms with van der Waals surface area (Å²) in [5.74, 6) is 1.14. The van der Waals surface area contributed by atoms with Gasteiger partial charge in [-0.05, 0) is 79.2 Å². The number of allylic oxidation sites excluding steroid dienone is 4. The van der Waals surface area contributed by atoms with Gasteiger partial charge in [-0.25, -0.2) is 0 Å². The molecule has 0 bridgehead atoms. The average Bonchev–Trinajstić information content (AvgIpc) is 3.22. The first-order chi connectivity index (χ1) is 13.6. The van der Waals surface area contributed by atoms with E-state index in [0.29, 0.717) is 6.61 Å². The predicted octanol–water partition coefficient (Wildman–Crippen LogP) is 5.20. The van der Waals surface area contributed by atoms with Gasteiger partial charge in [-0.1, -0.05) is 37.3 Å². The highest BCUT2D eigenvalue weighted by molar-refractivity contribution is 5.85. The molecule has 0 spiro atoms. The van der Waals surface area contributed by atoms with E-state index in [-0.39, 0.29) is 5.75 Å². The molecule has 0 heterocycles. The Hall–Kier alpha value is -3.00. The Labute approximate surface area is 167 Å². The van der Waals surface area contributed by atoms with Crippen LogP contribution in [0.3, 0.4) is 0 Å². The van der Waals surface area contributed by atoms with E-state index < -0.39 is 0 Å². The molecule has 0 fully saturated rings. The molecule has 3 rings (SSSR count). The van der Waals surface area contributed by atoms with Gasteiger partial charge in [0.05, 0.1) is 0 Å². The molecule has 0 aromatic heterocycles. The SMILES string of the molecule is CC/C(C1=C=CC=C1)=C(\c1ccc(O)cc1)c1ccc(OCCN(C)C)cc1. The second-order valence-electron chi connectivity index (χ2n) is 7.01. The van der Waals surface area contributed by atoms with Crippen LogP contribution in [-0.2, 0) is 0 Å². The minimum atomic E-state index is 0.269. The Morgan fingerprint density at radius 1 is 1.00 bits per heavy atom. The topological polar surface area (TPSA) is 32.7 Å². The van der Waals surface area contributed by atoms with Crippen molar-refractivity contribution in [2.45, 2.75) is 13.3 Å². The summed E-state index contributed by atoms with van der Waals surface area (Å²) >= 11 is 0. The number of aromatic hydroxyl groups is 1. The molecule has 0 amide bonds. The van der Waals surface area contributed by atoms with Crippen molar-refractivity contribution in [2.24, 2.45) is 0 Å². The van der Waals surface area contributed by atoms with Gasteiger partial charge in [-0.2, -0.15) is 0 Å². The summed E-state index contributed by atoms with van der Waals surface area (Å²) < 4.78 is 5.84. The van der Waals surface area contributed by atoms with E-state index in [9.17, 15) is 5.11 Å². The summed E-state index contributed by atoms with van der Waals surface area (Å²) in [7, 11) is 4.07. The summed E-state index contributed by atoms with van der Waals surface area (Å²) in [6.07, 6.45) is 6.94. The number of rotatable bonds is 8. The lowest BCUT2D eigenvalue weighted by Crippen LogP contribution is -2.19. The lowest BCUT2D eigenvalue weighted by atomic mass is 9.88. The molecule has 0 unspecified atom stereocenters. The molecule has 0 atom stereocenters. The molecule has 144 valence electrons. The number of hydrogen-bond donors (Lipinski definition) is 1. The lowest BCUT2D eigenvalue weighted by Gasteiger charge is -2.16. The summed E-state index contributed by atoms with van der Waals surface area (Å²) in [5.41, 5.74) is 9.03. The van der Waals surface area contributed by atoms with Gasteiger partial charge < -0.3 is 14.7 Å². The van der Waals surface area contributed by atoms with E-state index >= 15 is 0 Å². The van der Waals surface area contributed by atoms with E-state index in [1.807, 2.05) is 50.5 Å². The Morgan fingerprint density at radius 2 is 1.64 bits per heavy atom. The number of phenolic OH excluding ortho intramolecular Hbond substituents is 1. The summed E-state index contributed by atoms with van der Waals surface area (Å²) in [6, 6.07) is 15.6. The number of nitrogens with zero attached hydrogens (tertiary/aromatic N) is 1. The number of hydrogen-bond acceptors (Lipinski definition) is 3. The standard InChI is InChI=1S/C25H27NO2/c1-4-24(19-7-5-6-8-19)25(20-9-13-22(27)14-10-20)21-11-15-23(16-12-21)28-18-17-26(2)3/h5-7,9-16,27H,4,17-18H2,1-3H3/b25-24-. The van der Waals surface area contributed by atoms with Crippen molar-refractivity contribution in [3.8, 4) is 11.5 Å². The van der Waals surface area contributed by atoms with Crippen molar-refractivity contribution in [3.63, 3.8) is 0 Å². The molecule has 2 aromatic carbocycles. The van der Waals surface area contributed by atoms with E-state index in [1.165, 1.54) is 5.57 Å². The first kappa shape index (κ1) is 19.8. The highest BCUT2D eigenvalue weighted by Gasteiger charge is 2.14. The predicted molar refractivity (Wildman–Crippen MR) is 116 cm³/mol. The quantitative estimate of drug-likeness (QED) is 0.646. The molecule has 1 N–H and O–H groups in total. The van der Waals surface area contributed by atoms with Gasteiger partial charge in [-0.3, -0.25) is 0 Å². The lowest BCUT2D eigenvalue weighted by molar-refractivity contribution is 0.261. The van der Waals surface area contributed by atoms with E-state index in [1.54, 1.807) is 12.1 Å². The largest absolute Gasteiger partial charge is 0.508 e. The summed E-state index contributed by atoms with van der Waals surface area (Å²) in [6.45, 7) is 3.71. The minimum absolute atomic E-state index is 0.269. The average molecular weight is 373 g/mol. The van der Waals surface area contributed by atoms with Crippen molar-refractivity contribution in [3.05, 3.63) is 94.8 Å². The first-order valence-corrected chi connectivity index (χ1v) is 9.62. The molecule has 28 heavy (non-hydrogen) atoms. The maximum absolute atomic E-state index is 9.70. The molecule has 3 heteroatoms. The second kappa shape index (κ2) is 9.27. The van der Waals surface area contributed by atoms with Crippen LogP contribution in [0.15, 0.2) is 83.6 Å². The highest BCUT2D eigenvalue weighted by atomic mass is 16.5. The molecule has 1 aliphatic rings. The Bertz CT molecular complexity index is 926. The van der Waals surface area contributed by atoms with Crippen LogP contribution in [0.2, 0.25) is 0 Å². The molecule has 0 radical (unpaired) electrons. The number of benzene rings is 2. The number of likely N-dealkylation sites (N-methyl/N-ethyl adjacent to an activating group) is 1. The maximum atomic E-state index is 9.70. The van der Waals surface area contributed by atoms with Crippen molar-refractivity contribution in [1.82, 2.24) is 4.90 Å². The molecule has 0 aliphatic heterocycles. The van der Waals surface area contributed by atoms with Gasteiger partial charge >= 0.3 is 0 Å². The van der Waals surface area contributed by atoms with Crippen LogP contribution in [0.4, 0.5) is 0 Å². The van der Waals surface area contributed by atoms with Gasteiger partial charge in [0.1, 0.15) is 18.1 Å². The zero-order chi connectivity index (χ0) is 19.9. The van der Waals surface area contributed by atoms with Gasteiger partial charge in [0, 0.05) is 12.1 Å². The fraction of sp³-hybridized carbons (Fsp3) is 0.240. The number of ether oxygens (including phenoxy) is 1. The normalized spacial score (nSPS) is 13.6. The smallest absolute Gasteiger partial charge is 0.119 e. The van der Waals surface area contributed by atoms with Crippen LogP contribution >= 0.6 is 0 Å². The summed E-state index contributed by atoms with van der Waals surface area (Å²) in [5, 5.41) is 9.70. The Morgan fingerprint density at radius 3 is 2.18 bits per heavy atom. The molecule has 0 saturated heterocycles. The molecule has 0 saturated carbocycles. The van der Waals surface area contributed by atoms with E-state index in [2.05, 4.69) is 35.8 Å². The van der Waals surface area contributed by atoms with E-state index in [0.717, 1.165) is 41.0 Å². The van der Waals surface area contributed by atoms with Crippen molar-refractivity contribution in [1.29, 1.82) is 0 Å². The molecule has 3 nitrogen and oxygen atoms in total. The monoisotopic (exact) mass is 373 g/mol. The van der Waals surface area contributed by atoms with Crippen LogP contribution in [-0.4, -0.2) is 37.3 Å². The third-order valence-electron chi connectivity index (χ3n) is 4.68. The zero-order valence-electron chi connectivity index (χ0n) is 16.8. The van der Waals surface area contributed by atoms with Crippen molar-refractivity contribution in [2.75, 3.05) is 27.2 Å². The van der Waals surface area contributed by atoms with Crippen LogP contribution in [0, 0.1) is 0 Å². The van der Waals surface area contributed by atoms with Crippen LogP contribution < -0.4 is 4.74 Å². The van der Waals surface area contributed by atoms with Crippen molar-refractivity contribution < 1.29 is 9.84 Å². The van der Waals surface area contributed by atoms with Gasteiger partial charge in [0.25, 0.3) is 0 Å². The van der Waals surface area contributed by atoms with Crippen LogP contribution in [0.5, 0.6) is 11.5 Å². The van der Waals surface area contributed by atoms with Gasteiger partial charge in [0.2, 0.25) is 0 Å². The zero-order valence-corrected chi connectivity index (χ0v) is 16.8. The Balaban J connectivity index is 1.99. The van der Waals surface area contributed by atoms with Crippen molar-refractivity contribution >= 4 is 5.57 Å². The van der Waals surface area contributed by atoms with Gasteiger partial charge in [-0.15, -0.1) is 5.73 Å². The highest BCUT2D eigenvalue weighted by Crippen LogP contribution is 2.34.